The van der Waals surface area contributed by atoms with Crippen molar-refractivity contribution >= 4 is 34.7 Å². The average Bonchev–Trinajstić information content (AvgIpc) is 2.48. The van der Waals surface area contributed by atoms with Crippen molar-refractivity contribution in [2.45, 2.75) is 32.9 Å². The molecular weight excluding hydrogens is 326 g/mol. The average molecular weight is 349 g/mol. The van der Waals surface area contributed by atoms with Gasteiger partial charge in [0.1, 0.15) is 6.04 Å². The van der Waals surface area contributed by atoms with Gasteiger partial charge < -0.3 is 19.9 Å². The van der Waals surface area contributed by atoms with E-state index in [2.05, 4.69) is 14.8 Å². The summed E-state index contributed by atoms with van der Waals surface area (Å²) in [5.41, 5.74) is 0. The molecule has 0 saturated carbocycles. The number of amides is 1. The van der Waals surface area contributed by atoms with Gasteiger partial charge in [-0.2, -0.15) is 0 Å². The lowest BCUT2D eigenvalue weighted by Gasteiger charge is -2.23. The van der Waals surface area contributed by atoms with Crippen LogP contribution >= 0.6 is 11.8 Å². The van der Waals surface area contributed by atoms with E-state index in [1.54, 1.807) is 13.8 Å². The number of methoxy groups -OCH3 is 2. The van der Waals surface area contributed by atoms with E-state index >= 15 is 0 Å². The molecule has 0 spiro atoms. The first-order chi connectivity index (χ1) is 10.6. The zero-order valence-corrected chi connectivity index (χ0v) is 14.6. The highest BCUT2D eigenvalue weighted by Crippen LogP contribution is 2.24. The second kappa shape index (κ2) is 10.2. The minimum absolute atomic E-state index is 0.0673. The van der Waals surface area contributed by atoms with Crippen LogP contribution in [0.15, 0.2) is 0 Å². The summed E-state index contributed by atoms with van der Waals surface area (Å²) in [6, 6.07) is -0.991. The Labute approximate surface area is 139 Å². The van der Waals surface area contributed by atoms with Crippen LogP contribution in [-0.4, -0.2) is 60.2 Å². The van der Waals surface area contributed by atoms with E-state index in [0.717, 1.165) is 18.9 Å². The number of hydrogen-bond acceptors (Lipinski definition) is 8. The van der Waals surface area contributed by atoms with E-state index in [-0.39, 0.29) is 11.7 Å². The number of esters is 2. The van der Waals surface area contributed by atoms with Crippen molar-refractivity contribution in [1.82, 2.24) is 5.32 Å². The van der Waals surface area contributed by atoms with Gasteiger partial charge in [0, 0.05) is 12.7 Å². The topological polar surface area (TPSA) is 119 Å². The number of aliphatic hydroxyl groups excluding tert-OH is 1. The van der Waals surface area contributed by atoms with E-state index in [9.17, 15) is 24.3 Å². The summed E-state index contributed by atoms with van der Waals surface area (Å²) in [7, 11) is 2.28. The Morgan fingerprint density at radius 1 is 1.09 bits per heavy atom. The Morgan fingerprint density at radius 3 is 2.00 bits per heavy atom. The highest BCUT2D eigenvalue weighted by molar-refractivity contribution is 8.13. The fraction of sp³-hybridized carbons (Fsp3) is 0.714. The molecule has 0 rings (SSSR count). The Kier molecular flexibility index (Phi) is 9.50. The summed E-state index contributed by atoms with van der Waals surface area (Å²) in [6.07, 6.45) is -1.59. The first kappa shape index (κ1) is 21.4. The molecule has 0 aromatic rings. The molecule has 9 heteroatoms. The summed E-state index contributed by atoms with van der Waals surface area (Å²) < 4.78 is 9.00. The van der Waals surface area contributed by atoms with Crippen LogP contribution in [0, 0.1) is 11.8 Å². The van der Waals surface area contributed by atoms with Gasteiger partial charge in [0.15, 0.2) is 11.2 Å². The molecule has 0 heterocycles. The number of carbonyl (C=O) groups excluding carboxylic acids is 4. The van der Waals surface area contributed by atoms with Gasteiger partial charge in [-0.1, -0.05) is 25.6 Å². The summed E-state index contributed by atoms with van der Waals surface area (Å²) in [5.74, 6) is -3.39. The molecule has 0 aliphatic heterocycles. The number of aliphatic hydroxyl groups is 1. The van der Waals surface area contributed by atoms with Crippen LogP contribution in [0.5, 0.6) is 0 Å². The van der Waals surface area contributed by atoms with Crippen LogP contribution in [0.25, 0.3) is 0 Å². The Balaban J connectivity index is 4.94. The van der Waals surface area contributed by atoms with E-state index < -0.39 is 41.0 Å². The van der Waals surface area contributed by atoms with Crippen LogP contribution in [0.4, 0.5) is 0 Å². The number of hydrogen-bond donors (Lipinski definition) is 2. The van der Waals surface area contributed by atoms with Crippen molar-refractivity contribution in [3.05, 3.63) is 0 Å². The van der Waals surface area contributed by atoms with Crippen molar-refractivity contribution in [1.29, 1.82) is 0 Å². The summed E-state index contributed by atoms with van der Waals surface area (Å²) in [6.45, 7) is 4.60. The van der Waals surface area contributed by atoms with Crippen molar-refractivity contribution < 1.29 is 33.8 Å². The zero-order valence-electron chi connectivity index (χ0n) is 13.8. The smallest absolute Gasteiger partial charge is 0.335 e. The maximum Gasteiger partial charge on any atom is 0.335 e. The quantitative estimate of drug-likeness (QED) is 0.575. The van der Waals surface area contributed by atoms with Crippen molar-refractivity contribution in [3.8, 4) is 0 Å². The summed E-state index contributed by atoms with van der Waals surface area (Å²) >= 11 is 0.741. The molecule has 0 saturated heterocycles. The second-order valence-electron chi connectivity index (χ2n) is 5.14. The fourth-order valence-electron chi connectivity index (χ4n) is 1.85. The normalized spacial score (nSPS) is 14.6. The third-order valence-electron chi connectivity index (χ3n) is 3.03. The van der Waals surface area contributed by atoms with Crippen LogP contribution < -0.4 is 5.32 Å². The predicted molar refractivity (Wildman–Crippen MR) is 83.4 cm³/mol. The second-order valence-corrected chi connectivity index (χ2v) is 6.17. The van der Waals surface area contributed by atoms with Crippen molar-refractivity contribution in [3.63, 3.8) is 0 Å². The zero-order chi connectivity index (χ0) is 18.2. The van der Waals surface area contributed by atoms with Gasteiger partial charge in [0.25, 0.3) is 0 Å². The lowest BCUT2D eigenvalue weighted by Crippen LogP contribution is -2.43. The summed E-state index contributed by atoms with van der Waals surface area (Å²) in [5, 5.41) is 11.8. The van der Waals surface area contributed by atoms with Crippen LogP contribution in [0.2, 0.25) is 0 Å². The van der Waals surface area contributed by atoms with Gasteiger partial charge in [0.05, 0.1) is 20.1 Å². The van der Waals surface area contributed by atoms with E-state index in [1.807, 2.05) is 0 Å². The van der Waals surface area contributed by atoms with Gasteiger partial charge in [-0.15, -0.1) is 0 Å². The Morgan fingerprint density at radius 2 is 1.61 bits per heavy atom. The number of thioether (sulfide) groups is 1. The Bertz CT molecular complexity index is 452. The lowest BCUT2D eigenvalue weighted by atomic mass is 9.91. The molecule has 23 heavy (non-hydrogen) atoms. The fourth-order valence-corrected chi connectivity index (χ4v) is 2.99. The number of nitrogens with one attached hydrogen (secondary N) is 1. The minimum Gasteiger partial charge on any atom is -0.467 e. The van der Waals surface area contributed by atoms with E-state index in [4.69, 9.17) is 0 Å². The van der Waals surface area contributed by atoms with E-state index in [0.29, 0.717) is 0 Å². The molecule has 8 nitrogen and oxygen atoms in total. The monoisotopic (exact) mass is 349 g/mol. The number of ether oxygens (including phenoxy) is 2. The largest absolute Gasteiger partial charge is 0.467 e. The number of carbonyl (C=O) groups is 4. The van der Waals surface area contributed by atoms with Crippen LogP contribution in [-0.2, 0) is 28.7 Å². The maximum absolute atomic E-state index is 12.3. The number of rotatable bonds is 8. The maximum atomic E-state index is 12.3. The summed E-state index contributed by atoms with van der Waals surface area (Å²) in [4.78, 5) is 46.4. The standard InChI is InChI=1S/C14H23NO7S/c1-7(2)10(11(17)13(19)22-5)14(20)23-6-9(12(18)21-4)15-8(3)16/h7,9-11,17H,6H2,1-5H3,(H,15,16)/t9-,10-,11+/m0/s1. The van der Waals surface area contributed by atoms with E-state index in [1.165, 1.54) is 14.0 Å². The van der Waals surface area contributed by atoms with Crippen molar-refractivity contribution in [2.24, 2.45) is 11.8 Å². The highest BCUT2D eigenvalue weighted by Gasteiger charge is 2.36. The SMILES string of the molecule is COC(=O)[C@H](CSC(=O)[C@@H](C(C)C)[C@@H](O)C(=O)OC)NC(C)=O. The highest BCUT2D eigenvalue weighted by atomic mass is 32.2. The molecule has 3 atom stereocenters. The molecule has 0 fully saturated rings. The predicted octanol–water partition coefficient (Wildman–Crippen LogP) is -0.270. The molecule has 0 unspecified atom stereocenters. The molecule has 0 radical (unpaired) electrons. The first-order valence-electron chi connectivity index (χ1n) is 6.93. The third-order valence-corrected chi connectivity index (χ3v) is 4.09. The molecule has 132 valence electrons. The van der Waals surface area contributed by atoms with Gasteiger partial charge in [-0.05, 0) is 5.92 Å². The van der Waals surface area contributed by atoms with Gasteiger partial charge in [-0.25, -0.2) is 9.59 Å². The Hall–Kier alpha value is -1.61. The van der Waals surface area contributed by atoms with Crippen molar-refractivity contribution in [2.75, 3.05) is 20.0 Å². The molecule has 0 aliphatic rings. The lowest BCUT2D eigenvalue weighted by molar-refractivity contribution is -0.156. The molecule has 2 N–H and O–H groups in total. The molecule has 0 aliphatic carbocycles. The molecule has 1 amide bonds. The molecule has 0 aromatic heterocycles. The first-order valence-corrected chi connectivity index (χ1v) is 7.91. The van der Waals surface area contributed by atoms with Gasteiger partial charge >= 0.3 is 11.9 Å². The van der Waals surface area contributed by atoms with Gasteiger partial charge in [-0.3, -0.25) is 9.59 Å². The molecule has 0 bridgehead atoms. The molecule has 0 aromatic carbocycles. The van der Waals surface area contributed by atoms with Gasteiger partial charge in [0.2, 0.25) is 5.91 Å². The third kappa shape index (κ3) is 7.00. The molecular formula is C14H23NO7S. The van der Waals surface area contributed by atoms with Crippen LogP contribution in [0.3, 0.4) is 0 Å². The minimum atomic E-state index is -1.59. The van der Waals surface area contributed by atoms with Crippen LogP contribution in [0.1, 0.15) is 20.8 Å².